The molecule has 1 saturated carbocycles. The molecule has 6 heteroatoms. The first-order valence-corrected chi connectivity index (χ1v) is 14.0. The summed E-state index contributed by atoms with van der Waals surface area (Å²) < 4.78 is 17.5. The van der Waals surface area contributed by atoms with Gasteiger partial charge in [0, 0.05) is 18.5 Å². The standard InChI is InChI=1S/C33H37NO5/c1-3-38-31(35)28-21-27-25(17-18-29(37-2)30(27)39-23-24-13-7-4-8-14-24)22-34(28)32(36)33(19-11-6-12-20-33)26-15-9-5-10-16-26/h4-5,7-10,13-18,28H,3,6,11-12,19-23H2,1-2H3. The van der Waals surface area contributed by atoms with Crippen molar-refractivity contribution in [2.45, 2.75) is 70.1 Å². The van der Waals surface area contributed by atoms with E-state index < -0.39 is 11.5 Å². The van der Waals surface area contributed by atoms with Crippen LogP contribution in [-0.4, -0.2) is 36.5 Å². The normalized spacial score (nSPS) is 18.1. The van der Waals surface area contributed by atoms with Gasteiger partial charge in [0.05, 0.1) is 19.1 Å². The minimum absolute atomic E-state index is 0.0136. The molecular formula is C33H37NO5. The van der Waals surface area contributed by atoms with Gasteiger partial charge in [-0.25, -0.2) is 4.79 Å². The zero-order valence-corrected chi connectivity index (χ0v) is 22.9. The highest BCUT2D eigenvalue weighted by atomic mass is 16.5. The summed E-state index contributed by atoms with van der Waals surface area (Å²) in [6.07, 6.45) is 4.97. The van der Waals surface area contributed by atoms with Gasteiger partial charge in [0.1, 0.15) is 12.6 Å². The topological polar surface area (TPSA) is 65.1 Å². The van der Waals surface area contributed by atoms with E-state index in [2.05, 4.69) is 12.1 Å². The predicted octanol–water partition coefficient (Wildman–Crippen LogP) is 5.99. The minimum Gasteiger partial charge on any atom is -0.493 e. The monoisotopic (exact) mass is 527 g/mol. The van der Waals surface area contributed by atoms with Gasteiger partial charge in [0.25, 0.3) is 0 Å². The van der Waals surface area contributed by atoms with Gasteiger partial charge in [0.2, 0.25) is 5.91 Å². The van der Waals surface area contributed by atoms with Crippen molar-refractivity contribution in [1.29, 1.82) is 0 Å². The second-order valence-corrected chi connectivity index (χ2v) is 10.4. The molecule has 1 aliphatic carbocycles. The highest BCUT2D eigenvalue weighted by Crippen LogP contribution is 2.44. The number of rotatable bonds is 8. The van der Waals surface area contributed by atoms with Gasteiger partial charge >= 0.3 is 5.97 Å². The van der Waals surface area contributed by atoms with Crippen LogP contribution in [0.25, 0.3) is 0 Å². The zero-order chi connectivity index (χ0) is 27.2. The molecule has 0 radical (unpaired) electrons. The molecule has 1 fully saturated rings. The Balaban J connectivity index is 1.53. The first-order chi connectivity index (χ1) is 19.1. The fourth-order valence-electron chi connectivity index (χ4n) is 6.14. The van der Waals surface area contributed by atoms with E-state index in [1.807, 2.05) is 60.7 Å². The molecule has 0 aromatic heterocycles. The van der Waals surface area contributed by atoms with Crippen LogP contribution in [0.2, 0.25) is 0 Å². The summed E-state index contributed by atoms with van der Waals surface area (Å²) in [5.74, 6) is 0.864. The number of methoxy groups -OCH3 is 1. The molecule has 1 heterocycles. The van der Waals surface area contributed by atoms with E-state index in [4.69, 9.17) is 14.2 Å². The second kappa shape index (κ2) is 11.9. The maximum Gasteiger partial charge on any atom is 0.329 e. The maximum atomic E-state index is 14.6. The van der Waals surface area contributed by atoms with Gasteiger partial charge in [-0.2, -0.15) is 0 Å². The van der Waals surface area contributed by atoms with E-state index in [9.17, 15) is 9.59 Å². The Kier molecular flexibility index (Phi) is 8.20. The van der Waals surface area contributed by atoms with Crippen molar-refractivity contribution in [2.75, 3.05) is 13.7 Å². The molecule has 1 unspecified atom stereocenters. The smallest absolute Gasteiger partial charge is 0.329 e. The van der Waals surface area contributed by atoms with E-state index in [0.717, 1.165) is 54.4 Å². The van der Waals surface area contributed by atoms with Gasteiger partial charge < -0.3 is 19.1 Å². The van der Waals surface area contributed by atoms with Crippen LogP contribution in [0.3, 0.4) is 0 Å². The first-order valence-electron chi connectivity index (χ1n) is 14.0. The summed E-state index contributed by atoms with van der Waals surface area (Å²) in [7, 11) is 1.62. The van der Waals surface area contributed by atoms with Gasteiger partial charge in [0.15, 0.2) is 11.5 Å². The number of fused-ring (bicyclic) bond motifs is 1. The second-order valence-electron chi connectivity index (χ2n) is 10.4. The van der Waals surface area contributed by atoms with Crippen LogP contribution in [0.15, 0.2) is 72.8 Å². The van der Waals surface area contributed by atoms with Crippen LogP contribution < -0.4 is 9.47 Å². The van der Waals surface area contributed by atoms with Crippen LogP contribution >= 0.6 is 0 Å². The molecule has 39 heavy (non-hydrogen) atoms. The van der Waals surface area contributed by atoms with Gasteiger partial charge in [-0.05, 0) is 42.5 Å². The van der Waals surface area contributed by atoms with Crippen LogP contribution in [0.1, 0.15) is 61.3 Å². The minimum atomic E-state index is -0.737. The summed E-state index contributed by atoms with van der Waals surface area (Å²) in [5.41, 5.74) is 3.29. The van der Waals surface area contributed by atoms with Crippen LogP contribution in [0.4, 0.5) is 0 Å². The fraction of sp³-hybridized carbons (Fsp3) is 0.394. The molecule has 3 aromatic carbocycles. The third-order valence-electron chi connectivity index (χ3n) is 8.14. The third-order valence-corrected chi connectivity index (χ3v) is 8.14. The first kappa shape index (κ1) is 26.8. The van der Waals surface area contributed by atoms with Crippen molar-refractivity contribution < 1.29 is 23.8 Å². The summed E-state index contributed by atoms with van der Waals surface area (Å²) in [4.78, 5) is 29.8. The van der Waals surface area contributed by atoms with Crippen molar-refractivity contribution in [2.24, 2.45) is 0 Å². The number of esters is 1. The zero-order valence-electron chi connectivity index (χ0n) is 22.9. The number of carbonyl (C=O) groups is 2. The van der Waals surface area contributed by atoms with Crippen LogP contribution in [0, 0.1) is 0 Å². The highest BCUT2D eigenvalue weighted by molar-refractivity contribution is 5.92. The van der Waals surface area contributed by atoms with Gasteiger partial charge in [-0.15, -0.1) is 0 Å². The summed E-state index contributed by atoms with van der Waals surface area (Å²) >= 11 is 0. The number of hydrogen-bond donors (Lipinski definition) is 0. The lowest BCUT2D eigenvalue weighted by Crippen LogP contribution is -2.56. The Hall–Kier alpha value is -3.80. The van der Waals surface area contributed by atoms with Gasteiger partial charge in [-0.1, -0.05) is 86.0 Å². The number of carbonyl (C=O) groups excluding carboxylic acids is 2. The molecule has 0 spiro atoms. The summed E-state index contributed by atoms with van der Waals surface area (Å²) in [6.45, 7) is 2.74. The number of nitrogens with zero attached hydrogens (tertiary/aromatic N) is 1. The van der Waals surface area contributed by atoms with Crippen molar-refractivity contribution in [3.05, 3.63) is 95.1 Å². The maximum absolute atomic E-state index is 14.6. The molecule has 3 aromatic rings. The largest absolute Gasteiger partial charge is 0.493 e. The lowest BCUT2D eigenvalue weighted by atomic mass is 9.68. The molecule has 1 amide bonds. The summed E-state index contributed by atoms with van der Waals surface area (Å²) in [6, 6.07) is 23.2. The molecule has 0 bridgehead atoms. The molecule has 5 rings (SSSR count). The average molecular weight is 528 g/mol. The van der Waals surface area contributed by atoms with Gasteiger partial charge in [-0.3, -0.25) is 4.79 Å². The Morgan fingerprint density at radius 1 is 0.923 bits per heavy atom. The quantitative estimate of drug-likeness (QED) is 0.337. The fourth-order valence-corrected chi connectivity index (χ4v) is 6.14. The number of amides is 1. The Morgan fingerprint density at radius 3 is 2.28 bits per heavy atom. The number of benzene rings is 3. The van der Waals surface area contributed by atoms with E-state index in [-0.39, 0.29) is 18.5 Å². The predicted molar refractivity (Wildman–Crippen MR) is 150 cm³/mol. The van der Waals surface area contributed by atoms with Crippen molar-refractivity contribution in [3.63, 3.8) is 0 Å². The Morgan fingerprint density at radius 2 is 1.62 bits per heavy atom. The molecule has 0 saturated heterocycles. The van der Waals surface area contributed by atoms with E-state index in [1.165, 1.54) is 0 Å². The molecule has 1 aliphatic heterocycles. The van der Waals surface area contributed by atoms with E-state index >= 15 is 0 Å². The number of hydrogen-bond acceptors (Lipinski definition) is 5. The van der Waals surface area contributed by atoms with Crippen LogP contribution in [0.5, 0.6) is 11.5 Å². The lowest BCUT2D eigenvalue weighted by Gasteiger charge is -2.44. The van der Waals surface area contributed by atoms with Crippen molar-refractivity contribution in [3.8, 4) is 11.5 Å². The SMILES string of the molecule is CCOC(=O)C1Cc2c(ccc(OC)c2OCc2ccccc2)CN1C(=O)C1(c2ccccc2)CCCCC1. The van der Waals surface area contributed by atoms with Crippen LogP contribution in [-0.2, 0) is 39.3 Å². The highest BCUT2D eigenvalue weighted by Gasteiger charge is 2.48. The molecule has 6 nitrogen and oxygen atoms in total. The average Bonchev–Trinajstić information content (AvgIpc) is 3.00. The van der Waals surface area contributed by atoms with E-state index in [1.54, 1.807) is 18.9 Å². The molecular weight excluding hydrogens is 490 g/mol. The van der Waals surface area contributed by atoms with Crippen molar-refractivity contribution in [1.82, 2.24) is 4.90 Å². The third kappa shape index (κ3) is 5.38. The molecule has 1 atom stereocenters. The molecule has 204 valence electrons. The summed E-state index contributed by atoms with van der Waals surface area (Å²) in [5, 5.41) is 0. The lowest BCUT2D eigenvalue weighted by molar-refractivity contribution is -0.158. The molecule has 0 N–H and O–H groups in total. The Labute approximate surface area is 230 Å². The van der Waals surface area contributed by atoms with E-state index in [0.29, 0.717) is 31.1 Å². The Bertz CT molecular complexity index is 1280. The molecule has 2 aliphatic rings. The number of ether oxygens (including phenoxy) is 3. The van der Waals surface area contributed by atoms with Crippen molar-refractivity contribution >= 4 is 11.9 Å².